The van der Waals surface area contributed by atoms with E-state index in [1.807, 2.05) is 69.3 Å². The Morgan fingerprint density at radius 2 is 1.86 bits per heavy atom. The van der Waals surface area contributed by atoms with Crippen LogP contribution in [0, 0.1) is 15.9 Å². The zero-order chi connectivity index (χ0) is 31.5. The Balaban J connectivity index is 1.80. The summed E-state index contributed by atoms with van der Waals surface area (Å²) in [4.78, 5) is 35.6. The summed E-state index contributed by atoms with van der Waals surface area (Å²) in [6.45, 7) is 6.88. The highest BCUT2D eigenvalue weighted by Gasteiger charge is 2.36. The third-order valence-electron chi connectivity index (χ3n) is 7.58. The van der Waals surface area contributed by atoms with Gasteiger partial charge in [-0.15, -0.1) is 6.42 Å². The highest BCUT2D eigenvalue weighted by atomic mass is 127. The predicted molar refractivity (Wildman–Crippen MR) is 182 cm³/mol. The minimum absolute atomic E-state index is 0.107. The third kappa shape index (κ3) is 5.62. The van der Waals surface area contributed by atoms with Gasteiger partial charge in [0.15, 0.2) is 16.3 Å². The number of likely N-dealkylation sites (N-methyl/N-ethyl adjacent to an activating group) is 1. The maximum atomic E-state index is 14.4. The number of fused-ring (bicyclic) bond motifs is 2. The third-order valence-corrected chi connectivity index (χ3v) is 9.36. The number of carbonyl (C=O) groups is 1. The quantitative estimate of drug-likeness (QED) is 0.182. The summed E-state index contributed by atoms with van der Waals surface area (Å²) in [5, 5.41) is 1.87. The number of hydrogen-bond acceptors (Lipinski definition) is 7. The highest BCUT2D eigenvalue weighted by molar-refractivity contribution is 14.1. The van der Waals surface area contributed by atoms with E-state index in [0.29, 0.717) is 50.9 Å². The zero-order valence-corrected chi connectivity index (χ0v) is 28.1. The van der Waals surface area contributed by atoms with Gasteiger partial charge in [0.2, 0.25) is 0 Å². The van der Waals surface area contributed by atoms with E-state index in [0.717, 1.165) is 25.5 Å². The molecular formula is C34H32IN3O5S. The molecule has 3 aromatic carbocycles. The molecule has 5 rings (SSSR count). The normalized spacial score (nSPS) is 14.6. The molecule has 0 spiro atoms. The molecule has 1 amide bonds. The van der Waals surface area contributed by atoms with E-state index in [9.17, 15) is 9.59 Å². The number of ether oxygens (including phenoxy) is 3. The first-order valence-corrected chi connectivity index (χ1v) is 16.0. The number of benzene rings is 3. The van der Waals surface area contributed by atoms with Crippen LogP contribution in [0.4, 0.5) is 0 Å². The van der Waals surface area contributed by atoms with Gasteiger partial charge in [0, 0.05) is 18.7 Å². The van der Waals surface area contributed by atoms with Crippen molar-refractivity contribution < 1.29 is 19.0 Å². The number of nitrogens with zero attached hydrogens (tertiary/aromatic N) is 3. The van der Waals surface area contributed by atoms with Gasteiger partial charge in [0.25, 0.3) is 11.5 Å². The molecule has 0 N–H and O–H groups in total. The van der Waals surface area contributed by atoms with E-state index in [-0.39, 0.29) is 18.1 Å². The number of rotatable bonds is 9. The molecule has 0 saturated carbocycles. The van der Waals surface area contributed by atoms with E-state index in [1.54, 1.807) is 29.8 Å². The fraction of sp³-hybridized carbons (Fsp3) is 0.265. The highest BCUT2D eigenvalue weighted by Crippen LogP contribution is 2.40. The van der Waals surface area contributed by atoms with Crippen LogP contribution in [0.25, 0.3) is 16.8 Å². The Morgan fingerprint density at radius 3 is 2.55 bits per heavy atom. The van der Waals surface area contributed by atoms with Gasteiger partial charge >= 0.3 is 0 Å². The lowest BCUT2D eigenvalue weighted by Gasteiger charge is -2.30. The summed E-state index contributed by atoms with van der Waals surface area (Å²) in [6, 6.07) is 14.7. The second-order valence-electron chi connectivity index (χ2n) is 9.99. The summed E-state index contributed by atoms with van der Waals surface area (Å²) in [6.07, 6.45) is 7.19. The lowest BCUT2D eigenvalue weighted by Crippen LogP contribution is -2.43. The van der Waals surface area contributed by atoms with Crippen LogP contribution in [-0.4, -0.2) is 49.3 Å². The number of halogens is 1. The minimum Gasteiger partial charge on any atom is -0.496 e. The fourth-order valence-electron chi connectivity index (χ4n) is 5.51. The van der Waals surface area contributed by atoms with Gasteiger partial charge < -0.3 is 19.1 Å². The number of amides is 1. The summed E-state index contributed by atoms with van der Waals surface area (Å²) >= 11 is 3.44. The maximum absolute atomic E-state index is 14.4. The van der Waals surface area contributed by atoms with Crippen LogP contribution in [0.2, 0.25) is 0 Å². The van der Waals surface area contributed by atoms with Crippen molar-refractivity contribution in [2.45, 2.75) is 26.8 Å². The molecule has 0 fully saturated rings. The molecule has 8 nitrogen and oxygen atoms in total. The van der Waals surface area contributed by atoms with Crippen molar-refractivity contribution in [3.05, 3.63) is 94.2 Å². The molecule has 1 atom stereocenters. The molecule has 0 radical (unpaired) electrons. The van der Waals surface area contributed by atoms with Crippen molar-refractivity contribution in [2.24, 2.45) is 4.99 Å². The first-order valence-electron chi connectivity index (χ1n) is 14.1. The van der Waals surface area contributed by atoms with Crippen LogP contribution < -0.4 is 29.1 Å². The summed E-state index contributed by atoms with van der Waals surface area (Å²) in [5.74, 6) is 3.95. The molecule has 0 aliphatic carbocycles. The van der Waals surface area contributed by atoms with Gasteiger partial charge in [-0.1, -0.05) is 47.6 Å². The number of carbonyl (C=O) groups excluding carboxylic acids is 1. The molecule has 0 unspecified atom stereocenters. The SMILES string of the molecule is C#CCOc1c(I)cc(/C=c2/sc3n(c2=O)[C@@H](c2c(OC)ccc4ccccc24)C(C(=O)N(CC)CC)=C(C)N=3)cc1OC. The molecule has 0 saturated heterocycles. The molecule has 2 heterocycles. The number of methoxy groups -OCH3 is 2. The van der Waals surface area contributed by atoms with Crippen molar-refractivity contribution in [1.82, 2.24) is 9.47 Å². The first-order chi connectivity index (χ1) is 21.3. The summed E-state index contributed by atoms with van der Waals surface area (Å²) in [7, 11) is 3.16. The van der Waals surface area contributed by atoms with Crippen LogP contribution in [0.1, 0.15) is 37.9 Å². The summed E-state index contributed by atoms with van der Waals surface area (Å²) < 4.78 is 20.0. The van der Waals surface area contributed by atoms with Crippen LogP contribution in [0.3, 0.4) is 0 Å². The van der Waals surface area contributed by atoms with E-state index in [2.05, 4.69) is 28.5 Å². The smallest absolute Gasteiger partial charge is 0.271 e. The first kappa shape index (κ1) is 31.3. The predicted octanol–water partition coefficient (Wildman–Crippen LogP) is 4.89. The molecule has 226 valence electrons. The second-order valence-corrected chi connectivity index (χ2v) is 12.2. The zero-order valence-electron chi connectivity index (χ0n) is 25.1. The number of hydrogen-bond donors (Lipinski definition) is 0. The van der Waals surface area contributed by atoms with Crippen LogP contribution in [0.15, 0.2) is 69.6 Å². The van der Waals surface area contributed by atoms with Crippen molar-refractivity contribution in [3.8, 4) is 29.6 Å². The average Bonchev–Trinajstić information content (AvgIpc) is 3.33. The van der Waals surface area contributed by atoms with Gasteiger partial charge in [0.05, 0.1) is 33.6 Å². The van der Waals surface area contributed by atoms with E-state index in [4.69, 9.17) is 25.6 Å². The average molecular weight is 722 g/mol. The van der Waals surface area contributed by atoms with Gasteiger partial charge in [-0.25, -0.2) is 4.99 Å². The molecule has 1 aliphatic heterocycles. The van der Waals surface area contributed by atoms with E-state index >= 15 is 0 Å². The van der Waals surface area contributed by atoms with Crippen LogP contribution in [-0.2, 0) is 4.79 Å². The van der Waals surface area contributed by atoms with Crippen LogP contribution in [0.5, 0.6) is 17.2 Å². The van der Waals surface area contributed by atoms with Crippen LogP contribution >= 0.6 is 33.9 Å². The molecule has 1 aliphatic rings. The van der Waals surface area contributed by atoms with Gasteiger partial charge in [-0.3, -0.25) is 14.2 Å². The Kier molecular flexibility index (Phi) is 9.46. The van der Waals surface area contributed by atoms with Gasteiger partial charge in [-0.2, -0.15) is 0 Å². The maximum Gasteiger partial charge on any atom is 0.271 e. The fourth-order valence-corrected chi connectivity index (χ4v) is 7.34. The number of terminal acetylenes is 1. The molecular weight excluding hydrogens is 689 g/mol. The lowest BCUT2D eigenvalue weighted by atomic mass is 9.90. The molecule has 4 aromatic rings. The Bertz CT molecular complexity index is 2020. The Morgan fingerprint density at radius 1 is 1.14 bits per heavy atom. The monoisotopic (exact) mass is 721 g/mol. The number of aromatic nitrogens is 1. The number of allylic oxidation sites excluding steroid dienone is 1. The Labute approximate surface area is 273 Å². The molecule has 44 heavy (non-hydrogen) atoms. The molecule has 10 heteroatoms. The van der Waals surface area contributed by atoms with Gasteiger partial charge in [-0.05, 0) is 84.0 Å². The summed E-state index contributed by atoms with van der Waals surface area (Å²) in [5.41, 5.74) is 2.26. The van der Waals surface area contributed by atoms with Crippen molar-refractivity contribution >= 4 is 56.7 Å². The lowest BCUT2D eigenvalue weighted by molar-refractivity contribution is -0.127. The topological polar surface area (TPSA) is 82.4 Å². The molecule has 0 bridgehead atoms. The van der Waals surface area contributed by atoms with Crippen molar-refractivity contribution in [1.29, 1.82) is 0 Å². The van der Waals surface area contributed by atoms with Gasteiger partial charge in [0.1, 0.15) is 18.4 Å². The largest absolute Gasteiger partial charge is 0.496 e. The minimum atomic E-state index is -0.753. The van der Waals surface area contributed by atoms with E-state index < -0.39 is 6.04 Å². The molecule has 1 aromatic heterocycles. The van der Waals surface area contributed by atoms with E-state index in [1.165, 1.54) is 11.3 Å². The second kappa shape index (κ2) is 13.3. The number of thiazole rings is 1. The Hall–Kier alpha value is -4.08. The standard InChI is InChI=1S/C34H32IN3O5S/c1-7-16-43-31-24(35)17-21(18-26(31)42-6)19-27-32(39)38-30(29-23-13-11-10-12-22(23)14-15-25(29)41-5)28(20(4)36-34(38)44-27)33(40)37(8-2)9-3/h1,10-15,17-19,30H,8-9,16H2,2-6H3/b27-19+/t30-/m1/s1. The van der Waals surface area contributed by atoms with Crippen molar-refractivity contribution in [2.75, 3.05) is 33.9 Å². The van der Waals surface area contributed by atoms with Crippen molar-refractivity contribution in [3.63, 3.8) is 0 Å².